The fraction of sp³-hybridized carbons (Fsp3) is 0.471. The van der Waals surface area contributed by atoms with E-state index >= 15 is 0 Å². The maximum atomic E-state index is 11.8. The van der Waals surface area contributed by atoms with Gasteiger partial charge in [-0.15, -0.1) is 0 Å². The molecule has 1 aromatic carbocycles. The summed E-state index contributed by atoms with van der Waals surface area (Å²) < 4.78 is 4.84. The first-order valence-electron chi connectivity index (χ1n) is 6.49. The molecule has 0 N–H and O–H groups in total. The molecule has 0 aliphatic heterocycles. The van der Waals surface area contributed by atoms with Crippen molar-refractivity contribution < 1.29 is 9.53 Å². The molecule has 0 spiro atoms. The summed E-state index contributed by atoms with van der Waals surface area (Å²) in [6.45, 7) is 14.2. The number of hydrogen-bond acceptors (Lipinski definition) is 2. The molecule has 0 aliphatic rings. The van der Waals surface area contributed by atoms with Crippen LogP contribution in [0.3, 0.4) is 0 Å². The Bertz CT molecular complexity index is 473. The maximum absolute atomic E-state index is 11.8. The van der Waals surface area contributed by atoms with Crippen LogP contribution in [0, 0.1) is 5.41 Å². The van der Waals surface area contributed by atoms with Crippen molar-refractivity contribution in [1.82, 2.24) is 0 Å². The minimum absolute atomic E-state index is 0.123. The minimum Gasteiger partial charge on any atom is -0.468 e. The molecule has 0 saturated heterocycles. The van der Waals surface area contributed by atoms with Crippen molar-refractivity contribution >= 4 is 11.5 Å². The molecule has 2 heteroatoms. The highest BCUT2D eigenvalue weighted by molar-refractivity contribution is 5.91. The monoisotopic (exact) mass is 260 g/mol. The number of carbonyl (C=O) groups excluding carboxylic acids is 1. The molecule has 0 atom stereocenters. The summed E-state index contributed by atoms with van der Waals surface area (Å²) in [5.74, 6) is -0.266. The van der Waals surface area contributed by atoms with Crippen molar-refractivity contribution in [3.8, 4) is 0 Å². The van der Waals surface area contributed by atoms with Crippen LogP contribution in [-0.4, -0.2) is 13.1 Å². The van der Waals surface area contributed by atoms with E-state index in [-0.39, 0.29) is 11.4 Å². The van der Waals surface area contributed by atoms with Crippen molar-refractivity contribution in [2.24, 2.45) is 5.41 Å². The van der Waals surface area contributed by atoms with Crippen LogP contribution in [0.5, 0.6) is 0 Å². The Morgan fingerprint density at radius 2 is 1.53 bits per heavy atom. The maximum Gasteiger partial charge on any atom is 0.315 e. The predicted octanol–water partition coefficient (Wildman–Crippen LogP) is 4.20. The fourth-order valence-corrected chi connectivity index (χ4v) is 1.91. The van der Waals surface area contributed by atoms with E-state index in [2.05, 4.69) is 39.5 Å². The highest BCUT2D eigenvalue weighted by Gasteiger charge is 2.32. The molecule has 0 fully saturated rings. The van der Waals surface area contributed by atoms with E-state index in [1.165, 1.54) is 12.7 Å². The third kappa shape index (κ3) is 3.25. The van der Waals surface area contributed by atoms with Gasteiger partial charge in [-0.05, 0) is 36.0 Å². The summed E-state index contributed by atoms with van der Waals surface area (Å²) in [4.78, 5) is 11.8. The Morgan fingerprint density at radius 3 is 1.89 bits per heavy atom. The van der Waals surface area contributed by atoms with Crippen LogP contribution in [-0.2, 0) is 14.9 Å². The van der Waals surface area contributed by atoms with E-state index in [9.17, 15) is 4.79 Å². The number of ether oxygens (including phenoxy) is 1. The molecular formula is C17H24O2. The summed E-state index contributed by atoms with van der Waals surface area (Å²) in [6, 6.07) is 8.23. The van der Waals surface area contributed by atoms with Crippen LogP contribution in [0.1, 0.15) is 45.7 Å². The second-order valence-corrected chi connectivity index (χ2v) is 6.42. The number of hydrogen-bond donors (Lipinski definition) is 0. The fourth-order valence-electron chi connectivity index (χ4n) is 1.91. The van der Waals surface area contributed by atoms with Gasteiger partial charge in [-0.2, -0.15) is 0 Å². The van der Waals surface area contributed by atoms with Gasteiger partial charge in [0.15, 0.2) is 0 Å². The summed E-state index contributed by atoms with van der Waals surface area (Å²) in [6.07, 6.45) is 0. The summed E-state index contributed by atoms with van der Waals surface area (Å²) in [5, 5.41) is 0. The Balaban J connectivity index is 3.06. The number of methoxy groups -OCH3 is 1. The minimum atomic E-state index is -0.710. The van der Waals surface area contributed by atoms with E-state index in [1.54, 1.807) is 0 Å². The average molecular weight is 260 g/mol. The van der Waals surface area contributed by atoms with E-state index < -0.39 is 5.41 Å². The number of rotatable bonds is 3. The second kappa shape index (κ2) is 5.20. The molecule has 19 heavy (non-hydrogen) atoms. The van der Waals surface area contributed by atoms with Crippen molar-refractivity contribution in [3.63, 3.8) is 0 Å². The van der Waals surface area contributed by atoms with Crippen LogP contribution in [0.25, 0.3) is 5.57 Å². The zero-order valence-corrected chi connectivity index (χ0v) is 12.8. The van der Waals surface area contributed by atoms with Crippen molar-refractivity contribution in [3.05, 3.63) is 42.0 Å². The van der Waals surface area contributed by atoms with Gasteiger partial charge in [0.2, 0.25) is 0 Å². The topological polar surface area (TPSA) is 26.3 Å². The Kier molecular flexibility index (Phi) is 4.24. The van der Waals surface area contributed by atoms with E-state index in [0.717, 1.165) is 11.1 Å². The van der Waals surface area contributed by atoms with Gasteiger partial charge in [-0.25, -0.2) is 0 Å². The van der Waals surface area contributed by atoms with Gasteiger partial charge in [-0.1, -0.05) is 51.6 Å². The van der Waals surface area contributed by atoms with Crippen molar-refractivity contribution in [2.45, 2.75) is 40.0 Å². The first-order chi connectivity index (χ1) is 8.60. The molecule has 1 rings (SSSR count). The van der Waals surface area contributed by atoms with Gasteiger partial charge in [0.25, 0.3) is 0 Å². The van der Waals surface area contributed by atoms with E-state index in [4.69, 9.17) is 4.74 Å². The number of carbonyl (C=O) groups is 1. The van der Waals surface area contributed by atoms with Crippen LogP contribution < -0.4 is 0 Å². The SMILES string of the molecule is C=C(c1ccc(C(C)(C)C)cc1)C(C)(C)C(=O)OC. The molecule has 0 saturated carbocycles. The number of esters is 1. The van der Waals surface area contributed by atoms with Gasteiger partial charge >= 0.3 is 5.97 Å². The molecule has 0 unspecified atom stereocenters. The lowest BCUT2D eigenvalue weighted by Gasteiger charge is -2.25. The average Bonchev–Trinajstić information content (AvgIpc) is 2.35. The normalized spacial score (nSPS) is 12.1. The Morgan fingerprint density at radius 1 is 1.05 bits per heavy atom. The molecule has 0 radical (unpaired) electrons. The zero-order chi connectivity index (χ0) is 14.8. The zero-order valence-electron chi connectivity index (χ0n) is 12.8. The van der Waals surface area contributed by atoms with Crippen molar-refractivity contribution in [1.29, 1.82) is 0 Å². The van der Waals surface area contributed by atoms with Gasteiger partial charge in [0, 0.05) is 0 Å². The summed E-state index contributed by atoms with van der Waals surface area (Å²) >= 11 is 0. The molecule has 2 nitrogen and oxygen atoms in total. The summed E-state index contributed by atoms with van der Waals surface area (Å²) in [7, 11) is 1.40. The van der Waals surface area contributed by atoms with Gasteiger partial charge in [-0.3, -0.25) is 4.79 Å². The Hall–Kier alpha value is -1.57. The second-order valence-electron chi connectivity index (χ2n) is 6.42. The third-order valence-electron chi connectivity index (χ3n) is 3.55. The molecular weight excluding hydrogens is 236 g/mol. The predicted molar refractivity (Wildman–Crippen MR) is 80.0 cm³/mol. The standard InChI is InChI=1S/C17H24O2/c1-12(17(5,6)15(18)19-7)13-8-10-14(11-9-13)16(2,3)4/h8-11H,1H2,2-7H3. The lowest BCUT2D eigenvalue weighted by atomic mass is 9.80. The largest absolute Gasteiger partial charge is 0.468 e. The van der Waals surface area contributed by atoms with E-state index in [0.29, 0.717) is 0 Å². The van der Waals surface area contributed by atoms with Gasteiger partial charge in [0.1, 0.15) is 0 Å². The van der Waals surface area contributed by atoms with E-state index in [1.807, 2.05) is 26.0 Å². The molecule has 0 bridgehead atoms. The highest BCUT2D eigenvalue weighted by Crippen LogP contribution is 2.35. The van der Waals surface area contributed by atoms with Crippen LogP contribution in [0.4, 0.5) is 0 Å². The quantitative estimate of drug-likeness (QED) is 0.761. The lowest BCUT2D eigenvalue weighted by Crippen LogP contribution is -2.26. The summed E-state index contributed by atoms with van der Waals surface area (Å²) in [5.41, 5.74) is 2.43. The lowest BCUT2D eigenvalue weighted by molar-refractivity contribution is -0.147. The van der Waals surface area contributed by atoms with Crippen LogP contribution >= 0.6 is 0 Å². The number of benzene rings is 1. The first-order valence-corrected chi connectivity index (χ1v) is 6.49. The third-order valence-corrected chi connectivity index (χ3v) is 3.55. The molecule has 0 aromatic heterocycles. The van der Waals surface area contributed by atoms with Gasteiger partial charge in [0.05, 0.1) is 12.5 Å². The molecule has 0 aliphatic carbocycles. The highest BCUT2D eigenvalue weighted by atomic mass is 16.5. The molecule has 1 aromatic rings. The van der Waals surface area contributed by atoms with Gasteiger partial charge < -0.3 is 4.74 Å². The van der Waals surface area contributed by atoms with Crippen molar-refractivity contribution in [2.75, 3.05) is 7.11 Å². The smallest absolute Gasteiger partial charge is 0.315 e. The molecule has 104 valence electrons. The Labute approximate surface area is 116 Å². The van der Waals surface area contributed by atoms with Crippen LogP contribution in [0.2, 0.25) is 0 Å². The first kappa shape index (κ1) is 15.5. The molecule has 0 amide bonds. The van der Waals surface area contributed by atoms with Crippen LogP contribution in [0.15, 0.2) is 30.8 Å². The molecule has 0 heterocycles.